The first-order chi connectivity index (χ1) is 14.4. The van der Waals surface area contributed by atoms with Gasteiger partial charge >= 0.3 is 12.1 Å². The van der Waals surface area contributed by atoms with E-state index in [1.54, 1.807) is 17.4 Å². The number of esters is 1. The number of hydrogen-bond acceptors (Lipinski definition) is 6. The molecule has 2 aromatic rings. The molecule has 0 bridgehead atoms. The summed E-state index contributed by atoms with van der Waals surface area (Å²) in [6.45, 7) is -2.51. The van der Waals surface area contributed by atoms with Gasteiger partial charge in [-0.15, -0.1) is 0 Å². The van der Waals surface area contributed by atoms with Crippen LogP contribution in [0.25, 0.3) is 0 Å². The summed E-state index contributed by atoms with van der Waals surface area (Å²) in [7, 11) is -1.24. The number of carbonyl (C=O) groups is 2. The number of hydrogen-bond donors (Lipinski definition) is 1. The van der Waals surface area contributed by atoms with Crippen LogP contribution in [-0.4, -0.2) is 53.8 Å². The van der Waals surface area contributed by atoms with Crippen LogP contribution >= 0.6 is 0 Å². The van der Waals surface area contributed by atoms with E-state index in [-0.39, 0.29) is 10.5 Å². The van der Waals surface area contributed by atoms with Gasteiger partial charge in [0, 0.05) is 7.05 Å². The van der Waals surface area contributed by atoms with Gasteiger partial charge in [-0.05, 0) is 42.5 Å². The third-order valence-corrected chi connectivity index (χ3v) is 5.77. The molecule has 2 rings (SSSR count). The number of sulfonamides is 1. The molecule has 0 unspecified atom stereocenters. The first-order valence-corrected chi connectivity index (χ1v) is 10.1. The molecule has 8 nitrogen and oxygen atoms in total. The first kappa shape index (κ1) is 24.0. The molecular weight excluding hydrogens is 441 g/mol. The molecule has 2 aromatic carbocycles. The molecule has 0 saturated carbocycles. The number of amides is 1. The average molecular weight is 460 g/mol. The van der Waals surface area contributed by atoms with Crippen molar-refractivity contribution in [1.82, 2.24) is 5.32 Å². The van der Waals surface area contributed by atoms with Crippen molar-refractivity contribution in [3.8, 4) is 5.75 Å². The summed E-state index contributed by atoms with van der Waals surface area (Å²) in [4.78, 5) is 23.2. The molecule has 31 heavy (non-hydrogen) atoms. The smallest absolute Gasteiger partial charge is 0.405 e. The van der Waals surface area contributed by atoms with Crippen molar-refractivity contribution in [2.24, 2.45) is 0 Å². The van der Waals surface area contributed by atoms with Gasteiger partial charge in [-0.1, -0.05) is 6.07 Å². The van der Waals surface area contributed by atoms with Crippen LogP contribution in [-0.2, 0) is 19.6 Å². The van der Waals surface area contributed by atoms with E-state index in [0.29, 0.717) is 11.4 Å². The molecule has 0 aliphatic carbocycles. The van der Waals surface area contributed by atoms with Gasteiger partial charge in [-0.3, -0.25) is 9.10 Å². The first-order valence-electron chi connectivity index (χ1n) is 8.67. The second-order valence-corrected chi connectivity index (χ2v) is 8.14. The molecule has 0 radical (unpaired) electrons. The molecule has 1 amide bonds. The van der Waals surface area contributed by atoms with Gasteiger partial charge in [0.05, 0.1) is 23.3 Å². The lowest BCUT2D eigenvalue weighted by Crippen LogP contribution is -2.36. The Balaban J connectivity index is 2.10. The fourth-order valence-corrected chi connectivity index (χ4v) is 3.58. The van der Waals surface area contributed by atoms with E-state index in [4.69, 9.17) is 4.74 Å². The standard InChI is InChI=1S/C19H19F3N2O6S/c1-24(14-6-8-15(29-2)9-7-14)31(27,28)16-5-3-4-13(10-16)18(26)30-11-17(25)23-12-19(20,21)22/h3-10H,11-12H2,1-2H3,(H,23,25). The van der Waals surface area contributed by atoms with E-state index in [1.807, 2.05) is 0 Å². The number of halogens is 3. The Hall–Kier alpha value is -3.28. The lowest BCUT2D eigenvalue weighted by molar-refractivity contribution is -0.140. The van der Waals surface area contributed by atoms with Crippen LogP contribution in [0.3, 0.4) is 0 Å². The Morgan fingerprint density at radius 2 is 1.74 bits per heavy atom. The normalized spacial score (nSPS) is 11.5. The van der Waals surface area contributed by atoms with Gasteiger partial charge in [0.2, 0.25) is 0 Å². The zero-order valence-corrected chi connectivity index (χ0v) is 17.3. The molecule has 0 heterocycles. The Morgan fingerprint density at radius 3 is 2.32 bits per heavy atom. The highest BCUT2D eigenvalue weighted by atomic mass is 32.2. The van der Waals surface area contributed by atoms with Gasteiger partial charge in [0.25, 0.3) is 15.9 Å². The number of anilines is 1. The quantitative estimate of drug-likeness (QED) is 0.607. The van der Waals surface area contributed by atoms with Gasteiger partial charge in [0.15, 0.2) is 6.61 Å². The van der Waals surface area contributed by atoms with Crippen LogP contribution in [0.4, 0.5) is 18.9 Å². The molecule has 0 aliphatic heterocycles. The van der Waals surface area contributed by atoms with Crippen LogP contribution < -0.4 is 14.4 Å². The molecule has 0 aromatic heterocycles. The maximum atomic E-state index is 12.9. The SMILES string of the molecule is COc1ccc(N(C)S(=O)(=O)c2cccc(C(=O)OCC(=O)NCC(F)(F)F)c2)cc1. The molecular formula is C19H19F3N2O6S. The highest BCUT2D eigenvalue weighted by Crippen LogP contribution is 2.25. The number of carbonyl (C=O) groups excluding carboxylic acids is 2. The molecule has 0 spiro atoms. The van der Waals surface area contributed by atoms with Gasteiger partial charge < -0.3 is 14.8 Å². The van der Waals surface area contributed by atoms with Crippen molar-refractivity contribution in [3.63, 3.8) is 0 Å². The minimum absolute atomic E-state index is 0.187. The summed E-state index contributed by atoms with van der Waals surface area (Å²) in [6.07, 6.45) is -4.60. The zero-order chi connectivity index (χ0) is 23.2. The lowest BCUT2D eigenvalue weighted by Gasteiger charge is -2.20. The van der Waals surface area contributed by atoms with Crippen LogP contribution in [0.1, 0.15) is 10.4 Å². The average Bonchev–Trinajstić information content (AvgIpc) is 2.75. The van der Waals surface area contributed by atoms with Crippen molar-refractivity contribution in [1.29, 1.82) is 0 Å². The Kier molecular flexibility index (Phi) is 7.50. The molecule has 12 heteroatoms. The van der Waals surface area contributed by atoms with Crippen LogP contribution in [0.5, 0.6) is 5.75 Å². The minimum Gasteiger partial charge on any atom is -0.497 e. The summed E-state index contributed by atoms with van der Waals surface area (Å²) in [6, 6.07) is 11.1. The molecule has 0 atom stereocenters. The van der Waals surface area contributed by atoms with Gasteiger partial charge in [-0.25, -0.2) is 13.2 Å². The van der Waals surface area contributed by atoms with Crippen LogP contribution in [0.15, 0.2) is 53.4 Å². The zero-order valence-electron chi connectivity index (χ0n) is 16.5. The van der Waals surface area contributed by atoms with Crippen molar-refractivity contribution in [2.45, 2.75) is 11.1 Å². The number of ether oxygens (including phenoxy) is 2. The summed E-state index contributed by atoms with van der Waals surface area (Å²) in [5.41, 5.74) is 0.156. The highest BCUT2D eigenvalue weighted by molar-refractivity contribution is 7.92. The van der Waals surface area contributed by atoms with Crippen LogP contribution in [0.2, 0.25) is 0 Å². The van der Waals surface area contributed by atoms with E-state index in [1.165, 1.54) is 44.5 Å². The maximum absolute atomic E-state index is 12.9. The molecule has 0 fully saturated rings. The predicted molar refractivity (Wildman–Crippen MR) is 104 cm³/mol. The number of nitrogens with zero attached hydrogens (tertiary/aromatic N) is 1. The number of methoxy groups -OCH3 is 1. The third-order valence-electron chi connectivity index (χ3n) is 3.98. The van der Waals surface area contributed by atoms with E-state index < -0.39 is 41.2 Å². The van der Waals surface area contributed by atoms with E-state index >= 15 is 0 Å². The van der Waals surface area contributed by atoms with Crippen molar-refractivity contribution in [3.05, 3.63) is 54.1 Å². The Morgan fingerprint density at radius 1 is 1.10 bits per heavy atom. The predicted octanol–water partition coefficient (Wildman–Crippen LogP) is 2.36. The topological polar surface area (TPSA) is 102 Å². The molecule has 168 valence electrons. The van der Waals surface area contributed by atoms with E-state index in [2.05, 4.69) is 4.74 Å². The van der Waals surface area contributed by atoms with Gasteiger partial charge in [-0.2, -0.15) is 13.2 Å². The summed E-state index contributed by atoms with van der Waals surface area (Å²) >= 11 is 0. The number of nitrogens with one attached hydrogen (secondary N) is 1. The maximum Gasteiger partial charge on any atom is 0.405 e. The fraction of sp³-hybridized carbons (Fsp3) is 0.263. The van der Waals surface area contributed by atoms with Crippen molar-refractivity contribution in [2.75, 3.05) is 31.6 Å². The van der Waals surface area contributed by atoms with E-state index in [0.717, 1.165) is 10.4 Å². The summed E-state index contributed by atoms with van der Waals surface area (Å²) in [5, 5.41) is 1.55. The fourth-order valence-electron chi connectivity index (χ4n) is 2.34. The highest BCUT2D eigenvalue weighted by Gasteiger charge is 2.28. The Bertz CT molecular complexity index is 1040. The second-order valence-electron chi connectivity index (χ2n) is 6.17. The third kappa shape index (κ3) is 6.60. The molecule has 0 aliphatic rings. The van der Waals surface area contributed by atoms with Crippen molar-refractivity contribution >= 4 is 27.6 Å². The summed E-state index contributed by atoms with van der Waals surface area (Å²) < 4.78 is 72.7. The Labute approximate surface area is 176 Å². The largest absolute Gasteiger partial charge is 0.497 e. The van der Waals surface area contributed by atoms with Crippen molar-refractivity contribution < 1.29 is 40.7 Å². The second kappa shape index (κ2) is 9.69. The molecule has 1 N–H and O–H groups in total. The van der Waals surface area contributed by atoms with E-state index in [9.17, 15) is 31.2 Å². The summed E-state index contributed by atoms with van der Waals surface area (Å²) in [5.74, 6) is -1.67. The number of alkyl halides is 3. The monoisotopic (exact) mass is 460 g/mol. The van der Waals surface area contributed by atoms with Crippen LogP contribution in [0, 0.1) is 0 Å². The lowest BCUT2D eigenvalue weighted by atomic mass is 10.2. The number of rotatable bonds is 8. The minimum atomic E-state index is -4.60. The van der Waals surface area contributed by atoms with Gasteiger partial charge in [0.1, 0.15) is 12.3 Å². The number of benzene rings is 2. The molecule has 0 saturated heterocycles.